The molecule has 2 aliphatic carbocycles. The summed E-state index contributed by atoms with van der Waals surface area (Å²) >= 11 is 2.35. The van der Waals surface area contributed by atoms with Crippen molar-refractivity contribution in [2.75, 3.05) is 29.2 Å². The van der Waals surface area contributed by atoms with Crippen LogP contribution in [0.15, 0.2) is 97.1 Å². The van der Waals surface area contributed by atoms with Crippen LogP contribution in [-0.2, 0) is 5.41 Å². The molecule has 3 heteroatoms. The molecule has 170 valence electrons. The molecule has 0 bridgehead atoms. The van der Waals surface area contributed by atoms with Crippen LogP contribution in [0, 0.1) is 0 Å². The normalized spacial score (nSPS) is 13.9. The second-order valence-electron chi connectivity index (χ2n) is 9.87. The van der Waals surface area contributed by atoms with E-state index in [9.17, 15) is 0 Å². The number of fused-ring (bicyclic) bond motifs is 11. The minimum Gasteiger partial charge on any atom is -0.378 e. The molecule has 1 spiro atoms. The molecule has 0 amide bonds. The zero-order valence-electron chi connectivity index (χ0n) is 20.0. The lowest BCUT2D eigenvalue weighted by molar-refractivity contribution is 0.794. The van der Waals surface area contributed by atoms with Gasteiger partial charge in [0.15, 0.2) is 0 Å². The van der Waals surface area contributed by atoms with Gasteiger partial charge in [-0.05, 0) is 91.7 Å². The molecule has 0 aliphatic heterocycles. The van der Waals surface area contributed by atoms with Crippen molar-refractivity contribution in [1.29, 1.82) is 0 Å². The van der Waals surface area contributed by atoms with Crippen molar-refractivity contribution in [2.45, 2.75) is 5.41 Å². The Kier molecular flexibility index (Phi) is 4.41. The van der Waals surface area contributed by atoms with Crippen molar-refractivity contribution < 1.29 is 0 Å². The van der Waals surface area contributed by atoms with Crippen molar-refractivity contribution in [3.8, 4) is 22.3 Å². The third kappa shape index (κ3) is 2.70. The SMILES string of the molecule is CN(C)c1ccc2c(c1)C1(c3ccccc3-c3ccccc31)c1cc3cc(N(C)I)ccc3cc1-2. The van der Waals surface area contributed by atoms with Crippen molar-refractivity contribution >= 4 is 45.0 Å². The minimum absolute atomic E-state index is 0.315. The molecule has 0 saturated heterocycles. The number of hydrogen-bond acceptors (Lipinski definition) is 2. The predicted molar refractivity (Wildman–Crippen MR) is 157 cm³/mol. The van der Waals surface area contributed by atoms with Crippen LogP contribution < -0.4 is 8.01 Å². The van der Waals surface area contributed by atoms with E-state index in [1.165, 1.54) is 66.7 Å². The van der Waals surface area contributed by atoms with Crippen molar-refractivity contribution in [3.63, 3.8) is 0 Å². The van der Waals surface area contributed by atoms with Crippen LogP contribution in [0.25, 0.3) is 33.0 Å². The van der Waals surface area contributed by atoms with E-state index in [4.69, 9.17) is 0 Å². The molecule has 0 unspecified atom stereocenters. The molecule has 0 heterocycles. The average molecular weight is 564 g/mol. The topological polar surface area (TPSA) is 6.48 Å². The van der Waals surface area contributed by atoms with E-state index in [1.54, 1.807) is 0 Å². The monoisotopic (exact) mass is 564 g/mol. The summed E-state index contributed by atoms with van der Waals surface area (Å²) < 4.78 is 2.15. The Balaban J connectivity index is 1.66. The van der Waals surface area contributed by atoms with Gasteiger partial charge in [-0.2, -0.15) is 0 Å². The van der Waals surface area contributed by atoms with Crippen LogP contribution in [0.2, 0.25) is 0 Å². The van der Waals surface area contributed by atoms with Gasteiger partial charge in [-0.3, -0.25) is 0 Å². The molecule has 0 radical (unpaired) electrons. The van der Waals surface area contributed by atoms with Crippen LogP contribution >= 0.6 is 22.9 Å². The Morgan fingerprint density at radius 3 is 1.77 bits per heavy atom. The summed E-state index contributed by atoms with van der Waals surface area (Å²) in [6.45, 7) is 0. The minimum atomic E-state index is -0.315. The third-order valence-corrected chi connectivity index (χ3v) is 8.44. The Labute approximate surface area is 220 Å². The summed E-state index contributed by atoms with van der Waals surface area (Å²) in [5.74, 6) is 0. The maximum Gasteiger partial charge on any atom is 0.0726 e. The Bertz CT molecular complexity index is 1620. The number of hydrogen-bond donors (Lipinski definition) is 0. The first-order valence-electron chi connectivity index (χ1n) is 12.0. The lowest BCUT2D eigenvalue weighted by Crippen LogP contribution is -2.26. The number of benzene rings is 5. The van der Waals surface area contributed by atoms with Gasteiger partial charge in [0.05, 0.1) is 28.3 Å². The van der Waals surface area contributed by atoms with Gasteiger partial charge >= 0.3 is 0 Å². The molecule has 5 aromatic rings. The molecule has 7 rings (SSSR count). The highest BCUT2D eigenvalue weighted by Gasteiger charge is 2.51. The smallest absolute Gasteiger partial charge is 0.0726 e. The standard InChI is InChI=1S/C32H25IN2/c1-34(2)22-14-15-26-27-17-20-12-13-23(35(3)33)16-21(20)18-30(27)32(31(26)19-22)28-10-6-4-8-24(28)25-9-5-7-11-29(25)32/h4-19H,1-3H3. The van der Waals surface area contributed by atoms with Crippen LogP contribution in [0.5, 0.6) is 0 Å². The summed E-state index contributed by atoms with van der Waals surface area (Å²) in [5, 5.41) is 2.57. The quantitative estimate of drug-likeness (QED) is 0.155. The molecule has 0 fully saturated rings. The molecule has 5 aromatic carbocycles. The highest BCUT2D eigenvalue weighted by molar-refractivity contribution is 14.1. The molecular formula is C32H25IN2. The van der Waals surface area contributed by atoms with E-state index >= 15 is 0 Å². The van der Waals surface area contributed by atoms with Gasteiger partial charge in [0.25, 0.3) is 0 Å². The first kappa shape index (κ1) is 21.0. The van der Waals surface area contributed by atoms with Crippen molar-refractivity contribution in [3.05, 3.63) is 119 Å². The second-order valence-corrected chi connectivity index (χ2v) is 11.3. The van der Waals surface area contributed by atoms with E-state index in [0.717, 1.165) is 0 Å². The average Bonchev–Trinajstić information content (AvgIpc) is 3.33. The summed E-state index contributed by atoms with van der Waals surface area (Å²) in [6.07, 6.45) is 0. The van der Waals surface area contributed by atoms with Gasteiger partial charge in [-0.15, -0.1) is 0 Å². The van der Waals surface area contributed by atoms with Crippen molar-refractivity contribution in [1.82, 2.24) is 0 Å². The summed E-state index contributed by atoms with van der Waals surface area (Å²) in [4.78, 5) is 2.21. The molecule has 35 heavy (non-hydrogen) atoms. The van der Waals surface area contributed by atoms with E-state index in [2.05, 4.69) is 149 Å². The summed E-state index contributed by atoms with van der Waals surface area (Å²) in [6, 6.07) is 36.7. The number of nitrogens with zero attached hydrogens (tertiary/aromatic N) is 2. The highest BCUT2D eigenvalue weighted by atomic mass is 127. The van der Waals surface area contributed by atoms with E-state index in [0.29, 0.717) is 0 Å². The lowest BCUT2D eigenvalue weighted by Gasteiger charge is -2.31. The number of halogens is 1. The van der Waals surface area contributed by atoms with Crippen LogP contribution in [0.3, 0.4) is 0 Å². The summed E-state index contributed by atoms with van der Waals surface area (Å²) in [7, 11) is 6.35. The number of rotatable bonds is 2. The molecule has 0 saturated carbocycles. The van der Waals surface area contributed by atoms with E-state index in [1.807, 2.05) is 0 Å². The van der Waals surface area contributed by atoms with Gasteiger partial charge in [0.2, 0.25) is 0 Å². The molecule has 0 N–H and O–H groups in total. The Morgan fingerprint density at radius 2 is 1.11 bits per heavy atom. The zero-order chi connectivity index (χ0) is 23.9. The highest BCUT2D eigenvalue weighted by Crippen LogP contribution is 2.63. The van der Waals surface area contributed by atoms with Crippen LogP contribution in [-0.4, -0.2) is 21.1 Å². The van der Waals surface area contributed by atoms with Crippen molar-refractivity contribution in [2.24, 2.45) is 0 Å². The van der Waals surface area contributed by atoms with Crippen LogP contribution in [0.1, 0.15) is 22.3 Å². The largest absolute Gasteiger partial charge is 0.378 e. The second kappa shape index (κ2) is 7.34. The van der Waals surface area contributed by atoms with E-state index in [-0.39, 0.29) is 5.41 Å². The molecule has 2 nitrogen and oxygen atoms in total. The maximum atomic E-state index is 2.46. The fourth-order valence-electron chi connectivity index (χ4n) is 6.33. The zero-order valence-corrected chi connectivity index (χ0v) is 22.2. The lowest BCUT2D eigenvalue weighted by atomic mass is 9.70. The maximum absolute atomic E-state index is 2.46. The first-order valence-corrected chi connectivity index (χ1v) is 13.0. The van der Waals surface area contributed by atoms with Gasteiger partial charge in [-0.25, -0.2) is 0 Å². The van der Waals surface area contributed by atoms with Gasteiger partial charge < -0.3 is 8.01 Å². The Morgan fingerprint density at radius 1 is 0.514 bits per heavy atom. The van der Waals surface area contributed by atoms with Crippen LogP contribution in [0.4, 0.5) is 11.4 Å². The summed E-state index contributed by atoms with van der Waals surface area (Å²) in [5.41, 5.74) is 13.1. The Hall–Kier alpha value is -3.31. The predicted octanol–water partition coefficient (Wildman–Crippen LogP) is 8.04. The molecule has 2 aliphatic rings. The van der Waals surface area contributed by atoms with Gasteiger partial charge in [0.1, 0.15) is 0 Å². The van der Waals surface area contributed by atoms with E-state index < -0.39 is 0 Å². The molecular weight excluding hydrogens is 539 g/mol. The van der Waals surface area contributed by atoms with Gasteiger partial charge in [0, 0.05) is 32.5 Å². The molecule has 0 atom stereocenters. The molecule has 0 aromatic heterocycles. The number of anilines is 2. The fourth-order valence-corrected chi connectivity index (χ4v) is 6.63. The first-order chi connectivity index (χ1) is 17.0. The fraction of sp³-hybridized carbons (Fsp3) is 0.125. The third-order valence-electron chi connectivity index (χ3n) is 7.89. The van der Waals surface area contributed by atoms with Gasteiger partial charge in [-0.1, -0.05) is 60.7 Å².